The largest absolute Gasteiger partial charge is 0.401 e. The van der Waals surface area contributed by atoms with Gasteiger partial charge in [0.1, 0.15) is 0 Å². The summed E-state index contributed by atoms with van der Waals surface area (Å²) in [4.78, 5) is 11.3. The van der Waals surface area contributed by atoms with E-state index in [4.69, 9.17) is 0 Å². The summed E-state index contributed by atoms with van der Waals surface area (Å²) in [5, 5.41) is 8.61. The molecule has 1 heterocycles. The van der Waals surface area contributed by atoms with Crippen LogP contribution in [0.15, 0.2) is 16.8 Å². The molecular weight excluding hydrogens is 265 g/mol. The summed E-state index contributed by atoms with van der Waals surface area (Å²) in [6.07, 6.45) is -3.61. The fourth-order valence-electron chi connectivity index (χ4n) is 1.46. The Hall–Kier alpha value is -1.08. The third-order valence-electron chi connectivity index (χ3n) is 2.14. The van der Waals surface area contributed by atoms with E-state index in [2.05, 4.69) is 10.6 Å². The van der Waals surface area contributed by atoms with Crippen molar-refractivity contribution >= 4 is 17.2 Å². The van der Waals surface area contributed by atoms with Crippen LogP contribution in [-0.2, 0) is 11.2 Å². The minimum Gasteiger partial charge on any atom is -0.352 e. The van der Waals surface area contributed by atoms with Gasteiger partial charge in [0, 0.05) is 6.04 Å². The van der Waals surface area contributed by atoms with Crippen molar-refractivity contribution in [1.29, 1.82) is 0 Å². The molecule has 3 nitrogen and oxygen atoms in total. The molecule has 0 aromatic carbocycles. The van der Waals surface area contributed by atoms with Gasteiger partial charge >= 0.3 is 6.18 Å². The third-order valence-corrected chi connectivity index (χ3v) is 2.87. The number of hydrogen-bond donors (Lipinski definition) is 2. The number of carbonyl (C=O) groups excluding carboxylic acids is 1. The molecule has 7 heteroatoms. The maximum absolute atomic E-state index is 11.8. The molecule has 0 aliphatic heterocycles. The lowest BCUT2D eigenvalue weighted by Crippen LogP contribution is -2.42. The summed E-state index contributed by atoms with van der Waals surface area (Å²) in [5.41, 5.74) is 1.11. The van der Waals surface area contributed by atoms with E-state index in [9.17, 15) is 18.0 Å². The van der Waals surface area contributed by atoms with E-state index in [1.165, 1.54) is 0 Å². The molecule has 2 N–H and O–H groups in total. The second-order valence-electron chi connectivity index (χ2n) is 4.02. The van der Waals surface area contributed by atoms with Crippen molar-refractivity contribution in [2.24, 2.45) is 0 Å². The van der Waals surface area contributed by atoms with Gasteiger partial charge in [0.2, 0.25) is 5.91 Å². The van der Waals surface area contributed by atoms with E-state index in [1.807, 2.05) is 23.8 Å². The second kappa shape index (κ2) is 6.75. The first-order chi connectivity index (χ1) is 8.37. The predicted octanol–water partition coefficient (Wildman–Crippen LogP) is 1.95. The van der Waals surface area contributed by atoms with Crippen molar-refractivity contribution < 1.29 is 18.0 Å². The molecule has 0 spiro atoms. The first-order valence-corrected chi connectivity index (χ1v) is 6.39. The highest BCUT2D eigenvalue weighted by Gasteiger charge is 2.26. The lowest BCUT2D eigenvalue weighted by atomic mass is 10.1. The van der Waals surface area contributed by atoms with E-state index in [1.54, 1.807) is 11.3 Å². The first-order valence-electron chi connectivity index (χ1n) is 5.45. The van der Waals surface area contributed by atoms with Gasteiger partial charge in [-0.2, -0.15) is 24.5 Å². The summed E-state index contributed by atoms with van der Waals surface area (Å²) < 4.78 is 35.5. The van der Waals surface area contributed by atoms with Crippen LogP contribution in [0.1, 0.15) is 12.5 Å². The SMILES string of the molecule is CC(Cc1ccsc1)NC(=O)CNCC(F)(F)F. The van der Waals surface area contributed by atoms with Crippen LogP contribution >= 0.6 is 11.3 Å². The lowest BCUT2D eigenvalue weighted by Gasteiger charge is -2.14. The maximum atomic E-state index is 11.8. The van der Waals surface area contributed by atoms with Crippen molar-refractivity contribution in [2.75, 3.05) is 13.1 Å². The van der Waals surface area contributed by atoms with Gasteiger partial charge in [-0.3, -0.25) is 4.79 Å². The number of carbonyl (C=O) groups is 1. The molecule has 1 unspecified atom stereocenters. The molecule has 102 valence electrons. The molecule has 1 amide bonds. The van der Waals surface area contributed by atoms with Gasteiger partial charge in [0.25, 0.3) is 0 Å². The van der Waals surface area contributed by atoms with Gasteiger partial charge in [0.05, 0.1) is 13.1 Å². The topological polar surface area (TPSA) is 41.1 Å². The quantitative estimate of drug-likeness (QED) is 0.836. The number of alkyl halides is 3. The smallest absolute Gasteiger partial charge is 0.352 e. The van der Waals surface area contributed by atoms with Crippen molar-refractivity contribution in [3.05, 3.63) is 22.4 Å². The molecule has 1 rings (SSSR count). The third kappa shape index (κ3) is 6.61. The second-order valence-corrected chi connectivity index (χ2v) is 4.80. The van der Waals surface area contributed by atoms with Crippen LogP contribution < -0.4 is 10.6 Å². The number of hydrogen-bond acceptors (Lipinski definition) is 3. The number of nitrogens with one attached hydrogen (secondary N) is 2. The van der Waals surface area contributed by atoms with Gasteiger partial charge in [0.15, 0.2) is 0 Å². The highest BCUT2D eigenvalue weighted by atomic mass is 32.1. The zero-order valence-electron chi connectivity index (χ0n) is 9.88. The molecular formula is C11H15F3N2OS. The van der Waals surface area contributed by atoms with Crippen LogP contribution in [0.5, 0.6) is 0 Å². The minimum atomic E-state index is -4.29. The number of amides is 1. The normalized spacial score (nSPS) is 13.3. The van der Waals surface area contributed by atoms with Gasteiger partial charge in [-0.1, -0.05) is 0 Å². The fraction of sp³-hybridized carbons (Fsp3) is 0.545. The highest BCUT2D eigenvalue weighted by molar-refractivity contribution is 7.07. The Morgan fingerprint density at radius 2 is 2.22 bits per heavy atom. The molecule has 1 aromatic heterocycles. The van der Waals surface area contributed by atoms with Gasteiger partial charge in [-0.25, -0.2) is 0 Å². The van der Waals surface area contributed by atoms with Crippen LogP contribution in [0.2, 0.25) is 0 Å². The van der Waals surface area contributed by atoms with E-state index in [-0.39, 0.29) is 12.6 Å². The molecule has 18 heavy (non-hydrogen) atoms. The van der Waals surface area contributed by atoms with Crippen LogP contribution in [0.4, 0.5) is 13.2 Å². The zero-order chi connectivity index (χ0) is 13.6. The summed E-state index contributed by atoms with van der Waals surface area (Å²) in [7, 11) is 0. The molecule has 1 aromatic rings. The van der Waals surface area contributed by atoms with Gasteiger partial charge in [-0.05, 0) is 35.7 Å². The monoisotopic (exact) mass is 280 g/mol. The summed E-state index contributed by atoms with van der Waals surface area (Å²) >= 11 is 1.57. The molecule has 0 saturated heterocycles. The minimum absolute atomic E-state index is 0.0974. The summed E-state index contributed by atoms with van der Waals surface area (Å²) in [6.45, 7) is 0.339. The highest BCUT2D eigenvalue weighted by Crippen LogP contribution is 2.12. The molecule has 1 atom stereocenters. The van der Waals surface area contributed by atoms with Crippen LogP contribution in [0.3, 0.4) is 0 Å². The Bertz CT molecular complexity index is 365. The summed E-state index contributed by atoms with van der Waals surface area (Å²) in [5.74, 6) is -0.429. The Morgan fingerprint density at radius 3 is 2.78 bits per heavy atom. The lowest BCUT2D eigenvalue weighted by molar-refractivity contribution is -0.128. The van der Waals surface area contributed by atoms with Crippen molar-refractivity contribution in [3.63, 3.8) is 0 Å². The van der Waals surface area contributed by atoms with Crippen LogP contribution in [0.25, 0.3) is 0 Å². The number of thiophene rings is 1. The van der Waals surface area contributed by atoms with Gasteiger partial charge in [-0.15, -0.1) is 0 Å². The Balaban J connectivity index is 2.19. The van der Waals surface area contributed by atoms with E-state index in [0.717, 1.165) is 5.56 Å². The molecule has 0 aliphatic carbocycles. The van der Waals surface area contributed by atoms with Crippen LogP contribution in [-0.4, -0.2) is 31.2 Å². The standard InChI is InChI=1S/C11H15F3N2OS/c1-8(4-9-2-3-18-6-9)16-10(17)5-15-7-11(12,13)14/h2-3,6,8,15H,4-5,7H2,1H3,(H,16,17). The average molecular weight is 280 g/mol. The van der Waals surface area contributed by atoms with Crippen molar-refractivity contribution in [3.8, 4) is 0 Å². The Kier molecular flexibility index (Phi) is 5.61. The van der Waals surface area contributed by atoms with E-state index in [0.29, 0.717) is 6.42 Å². The molecule has 0 aliphatic rings. The number of halogens is 3. The summed E-state index contributed by atoms with van der Waals surface area (Å²) in [6, 6.07) is 1.86. The van der Waals surface area contributed by atoms with Crippen molar-refractivity contribution in [2.45, 2.75) is 25.6 Å². The molecule has 0 saturated carbocycles. The molecule has 0 fully saturated rings. The predicted molar refractivity (Wildman–Crippen MR) is 64.6 cm³/mol. The average Bonchev–Trinajstić information content (AvgIpc) is 2.67. The Labute approximate surface area is 107 Å². The van der Waals surface area contributed by atoms with E-state index >= 15 is 0 Å². The first kappa shape index (κ1) is 15.0. The van der Waals surface area contributed by atoms with Crippen molar-refractivity contribution in [1.82, 2.24) is 10.6 Å². The molecule has 0 bridgehead atoms. The number of rotatable bonds is 6. The zero-order valence-corrected chi connectivity index (χ0v) is 10.7. The Morgan fingerprint density at radius 1 is 1.50 bits per heavy atom. The van der Waals surface area contributed by atoms with E-state index < -0.39 is 18.6 Å². The van der Waals surface area contributed by atoms with Crippen LogP contribution in [0, 0.1) is 0 Å². The fourth-order valence-corrected chi connectivity index (χ4v) is 2.14. The maximum Gasteiger partial charge on any atom is 0.401 e. The molecule has 0 radical (unpaired) electrons. The van der Waals surface area contributed by atoms with Gasteiger partial charge < -0.3 is 10.6 Å².